The zero-order chi connectivity index (χ0) is 14.1. The summed E-state index contributed by atoms with van der Waals surface area (Å²) in [5.41, 5.74) is 4.96. The fourth-order valence-electron chi connectivity index (χ4n) is 2.72. The Labute approximate surface area is 117 Å². The highest BCUT2D eigenvalue weighted by molar-refractivity contribution is 5.70. The van der Waals surface area contributed by atoms with Gasteiger partial charge in [-0.1, -0.05) is 37.3 Å². The molecule has 0 heterocycles. The van der Waals surface area contributed by atoms with Crippen molar-refractivity contribution >= 4 is 5.57 Å². The standard InChI is InChI=1S/C18H16F2/c1-2-12-3-5-13(6-4-12)14-7-8-17-15(9-14)10-16(19)11-18(17)20/h3-7,10-11H,2,8-9H2,1H3. The number of hydrogen-bond acceptors (Lipinski definition) is 0. The molecule has 102 valence electrons. The van der Waals surface area contributed by atoms with E-state index in [1.165, 1.54) is 11.6 Å². The molecule has 0 aliphatic heterocycles. The van der Waals surface area contributed by atoms with Gasteiger partial charge in [-0.25, -0.2) is 8.78 Å². The molecule has 0 bridgehead atoms. The summed E-state index contributed by atoms with van der Waals surface area (Å²) in [5, 5.41) is 0. The monoisotopic (exact) mass is 270 g/mol. The van der Waals surface area contributed by atoms with Gasteiger partial charge in [0.25, 0.3) is 0 Å². The van der Waals surface area contributed by atoms with Crippen LogP contribution >= 0.6 is 0 Å². The van der Waals surface area contributed by atoms with Crippen molar-refractivity contribution in [3.8, 4) is 0 Å². The van der Waals surface area contributed by atoms with Crippen molar-refractivity contribution in [2.45, 2.75) is 26.2 Å². The Morgan fingerprint density at radius 1 is 1.05 bits per heavy atom. The Morgan fingerprint density at radius 3 is 2.50 bits per heavy atom. The summed E-state index contributed by atoms with van der Waals surface area (Å²) in [4.78, 5) is 0. The van der Waals surface area contributed by atoms with E-state index in [1.807, 2.05) is 6.08 Å². The van der Waals surface area contributed by atoms with E-state index in [-0.39, 0.29) is 0 Å². The Balaban J connectivity index is 1.92. The number of allylic oxidation sites excluding steroid dienone is 2. The molecule has 0 radical (unpaired) electrons. The molecule has 0 aromatic heterocycles. The van der Waals surface area contributed by atoms with Crippen molar-refractivity contribution < 1.29 is 8.78 Å². The highest BCUT2D eigenvalue weighted by Crippen LogP contribution is 2.29. The number of fused-ring (bicyclic) bond motifs is 1. The summed E-state index contributed by atoms with van der Waals surface area (Å²) < 4.78 is 27.0. The molecule has 0 fully saturated rings. The molecule has 2 aromatic rings. The minimum absolute atomic E-state index is 0.434. The van der Waals surface area contributed by atoms with Gasteiger partial charge in [0.15, 0.2) is 0 Å². The molecule has 0 unspecified atom stereocenters. The van der Waals surface area contributed by atoms with Crippen LogP contribution in [0.15, 0.2) is 42.5 Å². The van der Waals surface area contributed by atoms with Gasteiger partial charge < -0.3 is 0 Å². The van der Waals surface area contributed by atoms with Crippen LogP contribution < -0.4 is 0 Å². The largest absolute Gasteiger partial charge is 0.207 e. The van der Waals surface area contributed by atoms with E-state index in [4.69, 9.17) is 0 Å². The first-order chi connectivity index (χ1) is 9.67. The van der Waals surface area contributed by atoms with Gasteiger partial charge in [0.05, 0.1) is 0 Å². The average molecular weight is 270 g/mol. The second kappa shape index (κ2) is 5.20. The molecule has 0 amide bonds. The van der Waals surface area contributed by atoms with Gasteiger partial charge in [-0.2, -0.15) is 0 Å². The SMILES string of the molecule is CCc1ccc(C2=CCc3c(F)cc(F)cc3C2)cc1. The Bertz CT molecular complexity index is 667. The quantitative estimate of drug-likeness (QED) is 0.741. The first-order valence-electron chi connectivity index (χ1n) is 6.92. The predicted octanol–water partition coefficient (Wildman–Crippen LogP) is 4.71. The van der Waals surface area contributed by atoms with Crippen LogP contribution in [0.2, 0.25) is 0 Å². The summed E-state index contributed by atoms with van der Waals surface area (Å²) in [7, 11) is 0. The van der Waals surface area contributed by atoms with Crippen molar-refractivity contribution in [1.82, 2.24) is 0 Å². The molecule has 0 N–H and O–H groups in total. The third kappa shape index (κ3) is 2.38. The summed E-state index contributed by atoms with van der Waals surface area (Å²) in [6.45, 7) is 2.12. The van der Waals surface area contributed by atoms with Crippen LogP contribution in [0.5, 0.6) is 0 Å². The molecule has 0 spiro atoms. The lowest BCUT2D eigenvalue weighted by Crippen LogP contribution is -2.06. The smallest absolute Gasteiger partial charge is 0.129 e. The molecular formula is C18H16F2. The summed E-state index contributed by atoms with van der Waals surface area (Å²) in [6, 6.07) is 10.8. The summed E-state index contributed by atoms with van der Waals surface area (Å²) in [6.07, 6.45) is 4.19. The van der Waals surface area contributed by atoms with Crippen molar-refractivity contribution in [3.05, 3.63) is 76.4 Å². The van der Waals surface area contributed by atoms with Crippen LogP contribution in [0.25, 0.3) is 5.57 Å². The van der Waals surface area contributed by atoms with Gasteiger partial charge in [-0.05, 0) is 53.2 Å². The number of hydrogen-bond donors (Lipinski definition) is 0. The lowest BCUT2D eigenvalue weighted by Gasteiger charge is -2.18. The van der Waals surface area contributed by atoms with Gasteiger partial charge in [0.2, 0.25) is 0 Å². The number of rotatable bonds is 2. The fraction of sp³-hybridized carbons (Fsp3) is 0.222. The first kappa shape index (κ1) is 13.0. The maximum atomic E-state index is 13.7. The maximum Gasteiger partial charge on any atom is 0.129 e. The fourth-order valence-corrected chi connectivity index (χ4v) is 2.72. The molecule has 0 nitrogen and oxygen atoms in total. The molecule has 2 heteroatoms. The van der Waals surface area contributed by atoms with Crippen molar-refractivity contribution in [3.63, 3.8) is 0 Å². The van der Waals surface area contributed by atoms with Crippen LogP contribution in [0, 0.1) is 11.6 Å². The summed E-state index contributed by atoms with van der Waals surface area (Å²) >= 11 is 0. The van der Waals surface area contributed by atoms with Gasteiger partial charge in [-0.3, -0.25) is 0 Å². The van der Waals surface area contributed by atoms with E-state index in [0.29, 0.717) is 18.4 Å². The average Bonchev–Trinajstić information content (AvgIpc) is 2.46. The normalized spacial score (nSPS) is 13.8. The number of aryl methyl sites for hydroxylation is 1. The van der Waals surface area contributed by atoms with Crippen LogP contribution in [0.4, 0.5) is 8.78 Å². The maximum absolute atomic E-state index is 13.7. The molecule has 1 aliphatic rings. The van der Waals surface area contributed by atoms with Crippen LogP contribution in [0.3, 0.4) is 0 Å². The van der Waals surface area contributed by atoms with E-state index < -0.39 is 11.6 Å². The van der Waals surface area contributed by atoms with E-state index >= 15 is 0 Å². The third-order valence-corrected chi connectivity index (χ3v) is 3.92. The summed E-state index contributed by atoms with van der Waals surface area (Å²) in [5.74, 6) is -0.930. The molecule has 0 saturated heterocycles. The second-order valence-corrected chi connectivity index (χ2v) is 5.19. The van der Waals surface area contributed by atoms with Crippen LogP contribution in [-0.4, -0.2) is 0 Å². The van der Waals surface area contributed by atoms with Crippen LogP contribution in [0.1, 0.15) is 29.2 Å². The first-order valence-corrected chi connectivity index (χ1v) is 6.92. The third-order valence-electron chi connectivity index (χ3n) is 3.92. The van der Waals surface area contributed by atoms with E-state index in [1.54, 1.807) is 0 Å². The van der Waals surface area contributed by atoms with E-state index in [2.05, 4.69) is 31.2 Å². The highest BCUT2D eigenvalue weighted by atomic mass is 19.1. The van der Waals surface area contributed by atoms with Gasteiger partial charge in [-0.15, -0.1) is 0 Å². The highest BCUT2D eigenvalue weighted by Gasteiger charge is 2.17. The Hall–Kier alpha value is -1.96. The molecular weight excluding hydrogens is 254 g/mol. The molecule has 2 aromatic carbocycles. The van der Waals surface area contributed by atoms with Crippen molar-refractivity contribution in [2.75, 3.05) is 0 Å². The molecule has 3 rings (SSSR count). The van der Waals surface area contributed by atoms with Gasteiger partial charge >= 0.3 is 0 Å². The van der Waals surface area contributed by atoms with E-state index in [0.717, 1.165) is 29.2 Å². The molecule has 0 atom stereocenters. The lowest BCUT2D eigenvalue weighted by molar-refractivity contribution is 0.571. The topological polar surface area (TPSA) is 0 Å². The molecule has 20 heavy (non-hydrogen) atoms. The van der Waals surface area contributed by atoms with Crippen molar-refractivity contribution in [2.24, 2.45) is 0 Å². The zero-order valence-corrected chi connectivity index (χ0v) is 11.4. The van der Waals surface area contributed by atoms with Crippen molar-refractivity contribution in [1.29, 1.82) is 0 Å². The molecule has 0 saturated carbocycles. The van der Waals surface area contributed by atoms with Crippen LogP contribution in [-0.2, 0) is 19.3 Å². The van der Waals surface area contributed by atoms with E-state index in [9.17, 15) is 8.78 Å². The Kier molecular flexibility index (Phi) is 3.39. The predicted molar refractivity (Wildman–Crippen MR) is 77.6 cm³/mol. The molecule has 1 aliphatic carbocycles. The van der Waals surface area contributed by atoms with Gasteiger partial charge in [0, 0.05) is 6.07 Å². The van der Waals surface area contributed by atoms with Gasteiger partial charge in [0.1, 0.15) is 11.6 Å². The minimum atomic E-state index is -0.496. The second-order valence-electron chi connectivity index (χ2n) is 5.19. The number of halogens is 2. The number of benzene rings is 2. The minimum Gasteiger partial charge on any atom is -0.207 e. The zero-order valence-electron chi connectivity index (χ0n) is 11.4. The Morgan fingerprint density at radius 2 is 1.80 bits per heavy atom. The lowest BCUT2D eigenvalue weighted by atomic mass is 9.87.